The molecule has 0 aliphatic heterocycles. The van der Waals surface area contributed by atoms with Gasteiger partial charge in [0.25, 0.3) is 5.91 Å². The standard InChI is InChI=1S/C15H15N3OS2/c1-8-11(13(16)21-12(8)15(19)18(2)3)14-17-9-6-4-5-7-10(9)20-14/h4-7H,16H2,1-3H3. The molecule has 0 aliphatic rings. The lowest BCUT2D eigenvalue weighted by Gasteiger charge is -2.08. The first kappa shape index (κ1) is 14.0. The Hall–Kier alpha value is -1.92. The number of carbonyl (C=O) groups excluding carboxylic acids is 1. The lowest BCUT2D eigenvalue weighted by molar-refractivity contribution is 0.0831. The van der Waals surface area contributed by atoms with Gasteiger partial charge in [-0.2, -0.15) is 0 Å². The molecule has 0 fully saturated rings. The number of fused-ring (bicyclic) bond motifs is 1. The van der Waals surface area contributed by atoms with Gasteiger partial charge in [-0.1, -0.05) is 12.1 Å². The maximum Gasteiger partial charge on any atom is 0.263 e. The number of anilines is 1. The first-order chi connectivity index (χ1) is 9.99. The molecule has 2 N–H and O–H groups in total. The van der Waals surface area contributed by atoms with E-state index in [-0.39, 0.29) is 5.91 Å². The van der Waals surface area contributed by atoms with Crippen molar-refractivity contribution in [2.45, 2.75) is 6.92 Å². The number of thiazole rings is 1. The van der Waals surface area contributed by atoms with E-state index < -0.39 is 0 Å². The van der Waals surface area contributed by atoms with Crippen molar-refractivity contribution in [3.05, 3.63) is 34.7 Å². The van der Waals surface area contributed by atoms with Gasteiger partial charge in [0, 0.05) is 19.7 Å². The van der Waals surface area contributed by atoms with E-state index in [9.17, 15) is 4.79 Å². The van der Waals surface area contributed by atoms with Crippen LogP contribution in [0.5, 0.6) is 0 Å². The van der Waals surface area contributed by atoms with E-state index in [1.54, 1.807) is 30.3 Å². The van der Waals surface area contributed by atoms with Crippen molar-refractivity contribution < 1.29 is 4.79 Å². The molecule has 0 spiro atoms. The molecule has 0 saturated carbocycles. The largest absolute Gasteiger partial charge is 0.390 e. The molecular formula is C15H15N3OS2. The molecule has 2 aromatic heterocycles. The lowest BCUT2D eigenvalue weighted by Crippen LogP contribution is -2.21. The molecule has 3 aromatic rings. The van der Waals surface area contributed by atoms with Crippen molar-refractivity contribution in [3.63, 3.8) is 0 Å². The highest BCUT2D eigenvalue weighted by Crippen LogP contribution is 2.41. The summed E-state index contributed by atoms with van der Waals surface area (Å²) in [5.74, 6) is -0.0171. The summed E-state index contributed by atoms with van der Waals surface area (Å²) in [4.78, 5) is 19.1. The van der Waals surface area contributed by atoms with Crippen LogP contribution in [-0.2, 0) is 0 Å². The Labute approximate surface area is 130 Å². The molecule has 0 saturated heterocycles. The van der Waals surface area contributed by atoms with E-state index >= 15 is 0 Å². The molecule has 21 heavy (non-hydrogen) atoms. The SMILES string of the molecule is Cc1c(C(=O)N(C)C)sc(N)c1-c1nc2ccccc2s1. The third-order valence-electron chi connectivity index (χ3n) is 3.28. The monoisotopic (exact) mass is 317 g/mol. The Morgan fingerprint density at radius 3 is 2.62 bits per heavy atom. The van der Waals surface area contributed by atoms with Gasteiger partial charge in [0.15, 0.2) is 0 Å². The predicted octanol–water partition coefficient (Wildman–Crippen LogP) is 3.62. The zero-order valence-electron chi connectivity index (χ0n) is 12.0. The molecule has 4 nitrogen and oxygen atoms in total. The smallest absolute Gasteiger partial charge is 0.263 e. The summed E-state index contributed by atoms with van der Waals surface area (Å²) in [6, 6.07) is 7.99. The molecule has 6 heteroatoms. The molecule has 0 unspecified atom stereocenters. The van der Waals surface area contributed by atoms with Crippen LogP contribution < -0.4 is 5.73 Å². The number of thiophene rings is 1. The van der Waals surface area contributed by atoms with Gasteiger partial charge in [-0.25, -0.2) is 4.98 Å². The van der Waals surface area contributed by atoms with Crippen LogP contribution in [0.4, 0.5) is 5.00 Å². The summed E-state index contributed by atoms with van der Waals surface area (Å²) in [5.41, 5.74) is 8.92. The van der Waals surface area contributed by atoms with Crippen molar-refractivity contribution in [2.75, 3.05) is 19.8 Å². The fourth-order valence-electron chi connectivity index (χ4n) is 2.19. The maximum atomic E-state index is 12.2. The second kappa shape index (κ2) is 5.13. The number of carbonyl (C=O) groups is 1. The Kier molecular flexibility index (Phi) is 3.43. The van der Waals surface area contributed by atoms with Crippen molar-refractivity contribution in [1.82, 2.24) is 9.88 Å². The van der Waals surface area contributed by atoms with Crippen LogP contribution in [0.2, 0.25) is 0 Å². The predicted molar refractivity (Wildman–Crippen MR) is 90.1 cm³/mol. The molecule has 0 radical (unpaired) electrons. The number of nitrogens with zero attached hydrogens (tertiary/aromatic N) is 2. The summed E-state index contributed by atoms with van der Waals surface area (Å²) >= 11 is 2.94. The Balaban J connectivity index is 2.16. The van der Waals surface area contributed by atoms with Gasteiger partial charge in [-0.15, -0.1) is 22.7 Å². The zero-order valence-corrected chi connectivity index (χ0v) is 13.6. The molecule has 0 aliphatic carbocycles. The summed E-state index contributed by atoms with van der Waals surface area (Å²) in [7, 11) is 3.49. The molecule has 2 heterocycles. The number of hydrogen-bond donors (Lipinski definition) is 1. The van der Waals surface area contributed by atoms with Crippen LogP contribution in [0.3, 0.4) is 0 Å². The van der Waals surface area contributed by atoms with E-state index in [2.05, 4.69) is 4.98 Å². The molecule has 0 bridgehead atoms. The highest BCUT2D eigenvalue weighted by Gasteiger charge is 2.22. The Morgan fingerprint density at radius 1 is 1.24 bits per heavy atom. The number of hydrogen-bond acceptors (Lipinski definition) is 5. The first-order valence-electron chi connectivity index (χ1n) is 6.45. The summed E-state index contributed by atoms with van der Waals surface area (Å²) in [5, 5.41) is 1.53. The molecule has 3 rings (SSSR count). The highest BCUT2D eigenvalue weighted by atomic mass is 32.1. The fourth-order valence-corrected chi connectivity index (χ4v) is 4.43. The van der Waals surface area contributed by atoms with Gasteiger partial charge in [-0.3, -0.25) is 4.79 Å². The van der Waals surface area contributed by atoms with Crippen molar-refractivity contribution in [2.24, 2.45) is 0 Å². The second-order valence-electron chi connectivity index (χ2n) is 4.98. The van der Waals surface area contributed by atoms with Crippen LogP contribution in [0, 0.1) is 6.92 Å². The van der Waals surface area contributed by atoms with Crippen molar-refractivity contribution in [3.8, 4) is 10.6 Å². The van der Waals surface area contributed by atoms with Crippen molar-refractivity contribution >= 4 is 43.8 Å². The average molecular weight is 317 g/mol. The summed E-state index contributed by atoms with van der Waals surface area (Å²) in [6.07, 6.45) is 0. The number of para-hydroxylation sites is 1. The molecule has 108 valence electrons. The number of nitrogens with two attached hydrogens (primary N) is 1. The van der Waals surface area contributed by atoms with Gasteiger partial charge in [0.2, 0.25) is 0 Å². The van der Waals surface area contributed by atoms with E-state index in [4.69, 9.17) is 5.73 Å². The Morgan fingerprint density at radius 2 is 1.95 bits per heavy atom. The third kappa shape index (κ3) is 2.30. The molecule has 0 atom stereocenters. The normalized spacial score (nSPS) is 11.0. The van der Waals surface area contributed by atoms with Gasteiger partial charge in [0.05, 0.1) is 20.1 Å². The van der Waals surface area contributed by atoms with Crippen LogP contribution in [0.15, 0.2) is 24.3 Å². The number of amides is 1. The number of aromatic nitrogens is 1. The highest BCUT2D eigenvalue weighted by molar-refractivity contribution is 7.23. The van der Waals surface area contributed by atoms with Crippen LogP contribution in [0.1, 0.15) is 15.2 Å². The van der Waals surface area contributed by atoms with Gasteiger partial charge in [-0.05, 0) is 24.6 Å². The fraction of sp³-hybridized carbons (Fsp3) is 0.200. The van der Waals surface area contributed by atoms with Crippen LogP contribution in [-0.4, -0.2) is 29.9 Å². The van der Waals surface area contributed by atoms with Crippen LogP contribution >= 0.6 is 22.7 Å². The number of benzene rings is 1. The number of nitrogen functional groups attached to an aromatic ring is 1. The lowest BCUT2D eigenvalue weighted by atomic mass is 10.1. The van der Waals surface area contributed by atoms with E-state index in [1.807, 2.05) is 31.2 Å². The number of rotatable bonds is 2. The minimum atomic E-state index is -0.0171. The Bertz CT molecular complexity index is 800. The first-order valence-corrected chi connectivity index (χ1v) is 8.08. The van der Waals surface area contributed by atoms with E-state index in [1.165, 1.54) is 11.3 Å². The van der Waals surface area contributed by atoms with E-state index in [0.717, 1.165) is 26.4 Å². The zero-order chi connectivity index (χ0) is 15.1. The second-order valence-corrected chi connectivity index (χ2v) is 7.06. The molecular weight excluding hydrogens is 302 g/mol. The minimum absolute atomic E-state index is 0.0171. The minimum Gasteiger partial charge on any atom is -0.390 e. The third-order valence-corrected chi connectivity index (χ3v) is 5.45. The van der Waals surface area contributed by atoms with E-state index in [0.29, 0.717) is 9.88 Å². The van der Waals surface area contributed by atoms with Gasteiger partial charge < -0.3 is 10.6 Å². The summed E-state index contributed by atoms with van der Waals surface area (Å²) in [6.45, 7) is 1.94. The van der Waals surface area contributed by atoms with Crippen molar-refractivity contribution in [1.29, 1.82) is 0 Å². The topological polar surface area (TPSA) is 59.2 Å². The summed E-state index contributed by atoms with van der Waals surface area (Å²) < 4.78 is 1.12. The van der Waals surface area contributed by atoms with Gasteiger partial charge in [0.1, 0.15) is 5.01 Å². The average Bonchev–Trinajstić information content (AvgIpc) is 2.98. The van der Waals surface area contributed by atoms with Crippen LogP contribution in [0.25, 0.3) is 20.8 Å². The molecule has 1 aromatic carbocycles. The molecule has 1 amide bonds. The quantitative estimate of drug-likeness (QED) is 0.785. The van der Waals surface area contributed by atoms with Gasteiger partial charge >= 0.3 is 0 Å². The maximum absolute atomic E-state index is 12.2.